The van der Waals surface area contributed by atoms with E-state index in [0.717, 1.165) is 58.5 Å². The molecule has 4 amide bonds. The molecule has 0 saturated carbocycles. The maximum atomic E-state index is 13.8. The number of aliphatic hydroxyl groups is 1. The molecule has 1 atom stereocenters. The molecule has 4 aromatic carbocycles. The zero-order valence-electron chi connectivity index (χ0n) is 43.7. The van der Waals surface area contributed by atoms with Gasteiger partial charge >= 0.3 is 5.91 Å². The number of likely N-dealkylation sites (tertiary alicyclic amines) is 1. The minimum Gasteiger partial charge on any atom is -0.388 e. The van der Waals surface area contributed by atoms with Gasteiger partial charge in [-0.2, -0.15) is 20.3 Å². The summed E-state index contributed by atoms with van der Waals surface area (Å²) in [6.07, 6.45) is 7.48. The Hall–Kier alpha value is -8.53. The normalized spacial score (nSPS) is 15.1. The van der Waals surface area contributed by atoms with E-state index in [-0.39, 0.29) is 47.0 Å². The molecule has 1 fully saturated rings. The number of fused-ring (bicyclic) bond motifs is 1. The van der Waals surface area contributed by atoms with Crippen LogP contribution in [0.3, 0.4) is 0 Å². The molecule has 8 aromatic rings. The summed E-state index contributed by atoms with van der Waals surface area (Å²) in [7, 11) is 1.76. The first-order valence-electron chi connectivity index (χ1n) is 26.3. The van der Waals surface area contributed by atoms with Crippen molar-refractivity contribution in [3.8, 4) is 22.5 Å². The summed E-state index contributed by atoms with van der Waals surface area (Å²) < 4.78 is 3.05. The Bertz CT molecular complexity index is 3590. The van der Waals surface area contributed by atoms with Crippen LogP contribution in [0.2, 0.25) is 0 Å². The number of hydrazone groups is 2. The molecule has 0 radical (unpaired) electrons. The van der Waals surface area contributed by atoms with Gasteiger partial charge in [-0.15, -0.1) is 11.3 Å². The zero-order chi connectivity index (χ0) is 54.9. The highest BCUT2D eigenvalue weighted by Gasteiger charge is 2.37. The number of aryl methyl sites for hydroxylation is 1. The summed E-state index contributed by atoms with van der Waals surface area (Å²) in [5.74, 6) is -0.629. The Kier molecular flexibility index (Phi) is 16.7. The molecular formula is C58H59N13O6S2. The summed E-state index contributed by atoms with van der Waals surface area (Å²) >= 11 is 2.42. The molecule has 0 unspecified atom stereocenters. The molecule has 6 heterocycles. The SMILES string of the molecule is C[C@H](CC(=O)N1CCC(O)(Cn2cnc3c(-c4ccc(CNC(=O)CCCCCCNC(=O)c5cnc(N/N=C6/C(=O)N(c7nc(-c8ccccc8)cs7)N=C6c6ccccc6)s5)cc4)n(C)nc3c2=O)CC1)c1ccccc1. The van der Waals surface area contributed by atoms with E-state index < -0.39 is 11.5 Å². The Morgan fingerprint density at radius 1 is 0.810 bits per heavy atom. The largest absolute Gasteiger partial charge is 0.388 e. The monoisotopic (exact) mass is 1100 g/mol. The first-order chi connectivity index (χ1) is 38.4. The Labute approximate surface area is 463 Å². The average molecular weight is 1100 g/mol. The number of benzene rings is 4. The molecule has 2 aliphatic heterocycles. The number of thiazole rings is 2. The number of amides is 4. The number of anilines is 2. The molecule has 0 spiro atoms. The van der Waals surface area contributed by atoms with E-state index in [1.165, 1.54) is 33.4 Å². The minimum atomic E-state index is -1.17. The van der Waals surface area contributed by atoms with Crippen LogP contribution in [0.25, 0.3) is 33.5 Å². The molecule has 0 aliphatic carbocycles. The van der Waals surface area contributed by atoms with Crippen molar-refractivity contribution in [2.75, 3.05) is 30.1 Å². The van der Waals surface area contributed by atoms with Crippen molar-refractivity contribution in [3.05, 3.63) is 165 Å². The number of hydrogen-bond donors (Lipinski definition) is 4. The van der Waals surface area contributed by atoms with Gasteiger partial charge in [-0.1, -0.05) is 146 Å². The summed E-state index contributed by atoms with van der Waals surface area (Å²) in [5.41, 5.74) is 8.33. The van der Waals surface area contributed by atoms with Crippen LogP contribution in [0.4, 0.5) is 10.3 Å². The van der Waals surface area contributed by atoms with Gasteiger partial charge in [0.2, 0.25) is 22.1 Å². The van der Waals surface area contributed by atoms with Gasteiger partial charge in [-0.05, 0) is 42.7 Å². The van der Waals surface area contributed by atoms with Gasteiger partial charge < -0.3 is 20.6 Å². The molecule has 4 aromatic heterocycles. The van der Waals surface area contributed by atoms with Crippen molar-refractivity contribution in [3.63, 3.8) is 0 Å². The summed E-state index contributed by atoms with van der Waals surface area (Å²) in [5, 5.41) is 35.0. The van der Waals surface area contributed by atoms with Crippen molar-refractivity contribution in [1.82, 2.24) is 44.8 Å². The van der Waals surface area contributed by atoms with E-state index >= 15 is 0 Å². The smallest absolute Gasteiger partial charge is 0.303 e. The van der Waals surface area contributed by atoms with Gasteiger partial charge in [-0.3, -0.25) is 38.6 Å². The van der Waals surface area contributed by atoms with Crippen LogP contribution < -0.4 is 26.6 Å². The molecule has 19 nitrogen and oxygen atoms in total. The second kappa shape index (κ2) is 24.4. The Balaban J connectivity index is 0.633. The number of piperidine rings is 1. The lowest BCUT2D eigenvalue weighted by atomic mass is 9.90. The van der Waals surface area contributed by atoms with Crippen LogP contribution in [0.1, 0.15) is 90.6 Å². The van der Waals surface area contributed by atoms with Crippen molar-refractivity contribution in [1.29, 1.82) is 0 Å². The third-order valence-electron chi connectivity index (χ3n) is 14.1. The molecule has 1 saturated heterocycles. The number of rotatable bonds is 21. The molecule has 4 N–H and O–H groups in total. The number of nitrogens with one attached hydrogen (secondary N) is 3. The minimum absolute atomic E-state index is 0.0466. The van der Waals surface area contributed by atoms with E-state index in [1.807, 2.05) is 128 Å². The van der Waals surface area contributed by atoms with E-state index in [4.69, 9.17) is 0 Å². The average Bonchev–Trinajstić information content (AvgIpc) is 4.44. The van der Waals surface area contributed by atoms with Gasteiger partial charge in [0.05, 0.1) is 36.1 Å². The van der Waals surface area contributed by atoms with E-state index in [0.29, 0.717) is 95.9 Å². The maximum Gasteiger partial charge on any atom is 0.303 e. The fourth-order valence-electron chi connectivity index (χ4n) is 9.64. The highest BCUT2D eigenvalue weighted by molar-refractivity contribution is 7.17. The third-order valence-corrected chi connectivity index (χ3v) is 15.8. The topological polar surface area (TPSA) is 234 Å². The number of unbranched alkanes of at least 4 members (excludes halogenated alkanes) is 3. The molecule has 2 aliphatic rings. The molecular weight excluding hydrogens is 1040 g/mol. The fraction of sp³-hybridized carbons (Fsp3) is 0.293. The third kappa shape index (κ3) is 12.8. The van der Waals surface area contributed by atoms with E-state index in [9.17, 15) is 29.1 Å². The second-order valence-corrected chi connectivity index (χ2v) is 21.6. The predicted molar refractivity (Wildman–Crippen MR) is 307 cm³/mol. The molecule has 10 rings (SSSR count). The number of carbonyl (C=O) groups excluding carboxylic acids is 4. The van der Waals surface area contributed by atoms with Gasteiger partial charge in [-0.25, -0.2) is 15.0 Å². The zero-order valence-corrected chi connectivity index (χ0v) is 45.4. The van der Waals surface area contributed by atoms with Gasteiger partial charge in [0, 0.05) is 68.1 Å². The summed E-state index contributed by atoms with van der Waals surface area (Å²) in [6, 6.07) is 36.6. The van der Waals surface area contributed by atoms with Gasteiger partial charge in [0.15, 0.2) is 11.2 Å². The fourth-order valence-corrected chi connectivity index (χ4v) is 11.1. The molecule has 404 valence electrons. The van der Waals surface area contributed by atoms with Gasteiger partial charge in [0.25, 0.3) is 11.5 Å². The van der Waals surface area contributed by atoms with Gasteiger partial charge in [0.1, 0.15) is 16.1 Å². The molecule has 21 heteroatoms. The number of hydrogen-bond acceptors (Lipinski definition) is 15. The maximum absolute atomic E-state index is 13.8. The van der Waals surface area contributed by atoms with Crippen LogP contribution in [-0.2, 0) is 34.5 Å². The van der Waals surface area contributed by atoms with Crippen LogP contribution in [-0.4, -0.2) is 99.6 Å². The molecule has 79 heavy (non-hydrogen) atoms. The van der Waals surface area contributed by atoms with Crippen molar-refractivity contribution in [2.24, 2.45) is 17.3 Å². The highest BCUT2D eigenvalue weighted by atomic mass is 32.1. The lowest BCUT2D eigenvalue weighted by Crippen LogP contribution is -2.49. The van der Waals surface area contributed by atoms with Crippen LogP contribution >= 0.6 is 22.7 Å². The first kappa shape index (κ1) is 53.9. The van der Waals surface area contributed by atoms with Crippen molar-refractivity contribution in [2.45, 2.75) is 82.9 Å². The summed E-state index contributed by atoms with van der Waals surface area (Å²) in [6.45, 7) is 3.72. The first-order valence-corrected chi connectivity index (χ1v) is 28.0. The molecule has 0 bridgehead atoms. The summed E-state index contributed by atoms with van der Waals surface area (Å²) in [4.78, 5) is 82.2. The Morgan fingerprint density at radius 2 is 1.51 bits per heavy atom. The van der Waals surface area contributed by atoms with Crippen LogP contribution in [0.5, 0.6) is 0 Å². The van der Waals surface area contributed by atoms with Crippen molar-refractivity contribution >= 4 is 79.0 Å². The highest BCUT2D eigenvalue weighted by Crippen LogP contribution is 2.32. The van der Waals surface area contributed by atoms with E-state index in [2.05, 4.69) is 46.3 Å². The van der Waals surface area contributed by atoms with Crippen molar-refractivity contribution < 1.29 is 24.3 Å². The van der Waals surface area contributed by atoms with Crippen LogP contribution in [0, 0.1) is 0 Å². The van der Waals surface area contributed by atoms with E-state index in [1.54, 1.807) is 16.6 Å². The number of carbonyl (C=O) groups is 4. The second-order valence-electron chi connectivity index (χ2n) is 19.8. The lowest BCUT2D eigenvalue weighted by molar-refractivity contribution is -0.136. The number of nitrogens with zero attached hydrogens (tertiary/aromatic N) is 10. The standard InChI is InChI=1S/C58H59N13O6S2/c1-38(40-16-8-5-9-17-40)32-47(73)69-30-27-58(77,28-31-69)36-70-37-62-49-51(54(70)75)66-68(2)52(49)43-25-23-39(24-26-43)33-60-46(72)22-14-3-4-15-29-59-53(74)45-34-61-56(79-45)65-64-50-48(42-20-12-7-13-21-42)67-71(55(50)76)57-63-44(35-78-57)41-18-10-6-11-19-41/h5-13,16-21,23-26,34-35,37-38,77H,3-4,14-15,22,27-33,36H2,1-2H3,(H,59,74)(H,60,72)(H,61,65)/b64-50+/t38-/m1/s1. The van der Waals surface area contributed by atoms with Crippen LogP contribution in [0.15, 0.2) is 148 Å². The number of aromatic nitrogens is 6. The Morgan fingerprint density at radius 3 is 2.24 bits per heavy atom. The quantitative estimate of drug-likeness (QED) is 0.0396. The predicted octanol–water partition coefficient (Wildman–Crippen LogP) is 8.14. The lowest BCUT2D eigenvalue weighted by Gasteiger charge is -2.38.